The zero-order chi connectivity index (χ0) is 7.15. The molecule has 0 radical (unpaired) electrons. The van der Waals surface area contributed by atoms with E-state index < -0.39 is 28.4 Å². The predicted molar refractivity (Wildman–Crippen MR) is 43.5 cm³/mol. The Bertz CT molecular complexity index is 36.8. The van der Waals surface area contributed by atoms with Crippen molar-refractivity contribution in [2.75, 3.05) is 0 Å². The van der Waals surface area contributed by atoms with E-state index in [1.165, 1.54) is 0 Å². The second-order valence-electron chi connectivity index (χ2n) is 0.447. The van der Waals surface area contributed by atoms with E-state index in [0.717, 1.165) is 0 Å². The van der Waals surface area contributed by atoms with Crippen LogP contribution in [0, 0.1) is 0 Å². The zero-order valence-corrected chi connectivity index (χ0v) is 17.5. The summed E-state index contributed by atoms with van der Waals surface area (Å²) in [6.45, 7) is 0. The van der Waals surface area contributed by atoms with Crippen molar-refractivity contribution >= 4 is 163 Å². The molecule has 52 valence electrons. The first-order valence-corrected chi connectivity index (χ1v) is 9.49. The van der Waals surface area contributed by atoms with Crippen molar-refractivity contribution in [1.29, 1.82) is 0 Å². The Morgan fingerprint density at radius 3 is 0.636 bits per heavy atom. The van der Waals surface area contributed by atoms with Crippen molar-refractivity contribution in [2.24, 2.45) is 0 Å². The van der Waals surface area contributed by atoms with Gasteiger partial charge in [-0.3, -0.25) is 0 Å². The molecule has 11 heteroatoms. The van der Waals surface area contributed by atoms with Crippen LogP contribution in [0.3, 0.4) is 0 Å². The third kappa shape index (κ3) is 94.3. The van der Waals surface area contributed by atoms with E-state index in [1.807, 2.05) is 0 Å². The van der Waals surface area contributed by atoms with Crippen molar-refractivity contribution in [3.63, 3.8) is 0 Å². The summed E-state index contributed by atoms with van der Waals surface area (Å²) < 4.78 is 35.7. The van der Waals surface area contributed by atoms with Crippen LogP contribution in [0.1, 0.15) is 0 Å². The van der Waals surface area contributed by atoms with Gasteiger partial charge in [0.2, 0.25) is 0 Å². The number of rotatable bonds is 0. The Morgan fingerprint density at radius 1 is 0.636 bits per heavy atom. The fourth-order valence-electron chi connectivity index (χ4n) is 0. The molecule has 0 saturated carbocycles. The predicted octanol–water partition coefficient (Wildman–Crippen LogP) is -6.66. The molecule has 0 aliphatic carbocycles. The molecule has 0 unspecified atom stereocenters. The molecule has 0 amide bonds. The van der Waals surface area contributed by atoms with Gasteiger partial charge in [-0.25, -0.2) is 0 Å². The third-order valence-corrected chi connectivity index (χ3v) is 0. The van der Waals surface area contributed by atoms with Gasteiger partial charge in [-0.15, -0.1) is 0 Å². The molecular weight excluding hydrogens is 398 g/mol. The molecule has 4 nitrogen and oxygen atoms in total. The van der Waals surface area contributed by atoms with Crippen LogP contribution in [0.25, 0.3) is 0 Å². The second-order valence-corrected chi connectivity index (χ2v) is 5.42. The van der Waals surface area contributed by atoms with Gasteiger partial charge in [0, 0.05) is 0 Å². The summed E-state index contributed by atoms with van der Waals surface area (Å²) in [6, 6.07) is 0. The van der Waals surface area contributed by atoms with Crippen LogP contribution in [0.4, 0.5) is 0 Å². The Morgan fingerprint density at radius 2 is 0.636 bits per heavy atom. The summed E-state index contributed by atoms with van der Waals surface area (Å²) in [5, 5.41) is 0. The summed E-state index contributed by atoms with van der Waals surface area (Å²) in [7, 11) is 7.31. The van der Waals surface area contributed by atoms with Gasteiger partial charge in [-0.1, -0.05) is 0 Å². The van der Waals surface area contributed by atoms with Gasteiger partial charge in [0.25, 0.3) is 0 Å². The molecule has 0 aromatic heterocycles. The first-order valence-electron chi connectivity index (χ1n) is 1.10. The molecule has 0 atom stereocenters. The Hall–Kier alpha value is 5.44. The van der Waals surface area contributed by atoms with Crippen molar-refractivity contribution in [2.45, 2.75) is 0 Å². The van der Waals surface area contributed by atoms with Gasteiger partial charge >= 0.3 is 180 Å². The molecule has 0 rings (SSSR count). The van der Waals surface area contributed by atoms with Crippen molar-refractivity contribution in [3.05, 3.63) is 0 Å². The number of hydrogen-bond donors (Lipinski definition) is 0. The molecule has 0 saturated heterocycles. The Balaban J connectivity index is -0.0000000171. The molecule has 0 fully saturated rings. The zero-order valence-electron chi connectivity index (χ0n) is 5.47. The fourth-order valence-corrected chi connectivity index (χ4v) is 0. The summed E-state index contributed by atoms with van der Waals surface area (Å²) in [5.41, 5.74) is 0. The van der Waals surface area contributed by atoms with Gasteiger partial charge < -0.3 is 0 Å². The molecular formula is As2Ca3O4S2. The van der Waals surface area contributed by atoms with E-state index in [4.69, 9.17) is 16.4 Å². The van der Waals surface area contributed by atoms with Crippen LogP contribution in [0.5, 0.6) is 0 Å². The summed E-state index contributed by atoms with van der Waals surface area (Å²) in [6.07, 6.45) is 0. The standard InChI is InChI=1S/2AsO2S.3Ca/c2*2-1(3)4;;;/q2*-3;3*+2. The number of hydrogen-bond acceptors (Lipinski definition) is 6. The van der Waals surface area contributed by atoms with E-state index in [0.29, 0.717) is 0 Å². The van der Waals surface area contributed by atoms with E-state index in [-0.39, 0.29) is 113 Å². The van der Waals surface area contributed by atoms with Crippen molar-refractivity contribution < 1.29 is 16.4 Å². The second kappa shape index (κ2) is 24.6. The van der Waals surface area contributed by atoms with Gasteiger partial charge in [0.1, 0.15) is 0 Å². The van der Waals surface area contributed by atoms with Crippen molar-refractivity contribution in [3.8, 4) is 0 Å². The Kier molecular flexibility index (Phi) is 67.0. The van der Waals surface area contributed by atoms with E-state index in [2.05, 4.69) is 21.8 Å². The van der Waals surface area contributed by atoms with E-state index in [1.54, 1.807) is 0 Å². The van der Waals surface area contributed by atoms with Gasteiger partial charge in [-0.05, 0) is 0 Å². The van der Waals surface area contributed by atoms with Crippen LogP contribution in [-0.2, 0) is 21.8 Å². The normalized spacial score (nSPS) is 6.55. The Labute approximate surface area is 175 Å². The van der Waals surface area contributed by atoms with Crippen LogP contribution >= 0.6 is 0 Å². The molecule has 0 aliphatic heterocycles. The van der Waals surface area contributed by atoms with E-state index in [9.17, 15) is 0 Å². The summed E-state index contributed by atoms with van der Waals surface area (Å²) in [4.78, 5) is 0. The van der Waals surface area contributed by atoms with Crippen LogP contribution in [0.2, 0.25) is 0 Å². The quantitative estimate of drug-likeness (QED) is 0.298. The molecule has 0 aromatic carbocycles. The topological polar surface area (TPSA) is 92.2 Å². The average molecular weight is 398 g/mol. The molecule has 0 aliphatic rings. The fraction of sp³-hybridized carbons (Fsp3) is 0. The van der Waals surface area contributed by atoms with Crippen molar-refractivity contribution in [1.82, 2.24) is 0 Å². The molecule has 0 spiro atoms. The first kappa shape index (κ1) is 29.9. The molecule has 0 aromatic rings. The molecule has 0 heterocycles. The summed E-state index contributed by atoms with van der Waals surface area (Å²) in [5.74, 6) is 0. The minimum atomic E-state index is -3.10. The molecule has 0 bridgehead atoms. The SMILES string of the molecule is [Ca+2].[Ca+2].[Ca+2].[O-][As]([O-])[S-].[O-][As]([O-])[S-]. The van der Waals surface area contributed by atoms with Gasteiger partial charge in [-0.2, -0.15) is 0 Å². The minimum absolute atomic E-state index is 0. The monoisotopic (exact) mass is 398 g/mol. The molecule has 11 heavy (non-hydrogen) atoms. The summed E-state index contributed by atoms with van der Waals surface area (Å²) >= 11 is -6.21. The first-order chi connectivity index (χ1) is 3.46. The van der Waals surface area contributed by atoms with E-state index >= 15 is 0 Å². The van der Waals surface area contributed by atoms with Gasteiger partial charge in [0.15, 0.2) is 0 Å². The third-order valence-electron chi connectivity index (χ3n) is 0. The maximum absolute atomic E-state index is 8.93. The van der Waals surface area contributed by atoms with Gasteiger partial charge in [0.05, 0.1) is 0 Å². The van der Waals surface area contributed by atoms with Crippen LogP contribution in [0.15, 0.2) is 0 Å². The van der Waals surface area contributed by atoms with Crippen LogP contribution in [-0.4, -0.2) is 142 Å². The average Bonchev–Trinajstić information content (AvgIpc) is 1.25. The maximum atomic E-state index is 8.93. The molecule has 0 N–H and O–H groups in total. The van der Waals surface area contributed by atoms with Crippen LogP contribution < -0.4 is 16.4 Å².